The molecule has 0 amide bonds. The predicted octanol–water partition coefficient (Wildman–Crippen LogP) is 1.17. The van der Waals surface area contributed by atoms with Crippen LogP contribution in [-0.2, 0) is 9.53 Å². The summed E-state index contributed by atoms with van der Waals surface area (Å²) >= 11 is 0. The second-order valence-corrected chi connectivity index (χ2v) is 3.54. The third kappa shape index (κ3) is 2.89. The average Bonchev–Trinajstić information content (AvgIpc) is 1.85. The standard InChI is InChI=1S/C8H13NO3/c1-7(2,5-9)12-8(3,4)6(10)11/h1-4H3,(H,10,11). The zero-order chi connectivity index (χ0) is 9.99. The Morgan fingerprint density at radius 1 is 1.42 bits per heavy atom. The van der Waals surface area contributed by atoms with Crippen LogP contribution in [-0.4, -0.2) is 22.3 Å². The number of hydrogen-bond acceptors (Lipinski definition) is 3. The van der Waals surface area contributed by atoms with Gasteiger partial charge in [0.1, 0.15) is 5.60 Å². The van der Waals surface area contributed by atoms with E-state index < -0.39 is 17.2 Å². The summed E-state index contributed by atoms with van der Waals surface area (Å²) in [6, 6.07) is 1.87. The quantitative estimate of drug-likeness (QED) is 0.691. The summed E-state index contributed by atoms with van der Waals surface area (Å²) in [6.45, 7) is 5.87. The molecule has 4 nitrogen and oxygen atoms in total. The summed E-state index contributed by atoms with van der Waals surface area (Å²) in [5.41, 5.74) is -2.39. The fourth-order valence-corrected chi connectivity index (χ4v) is 0.704. The number of hydrogen-bond donors (Lipinski definition) is 1. The molecule has 0 aliphatic rings. The average molecular weight is 171 g/mol. The van der Waals surface area contributed by atoms with Crippen molar-refractivity contribution < 1.29 is 14.6 Å². The Balaban J connectivity index is 4.47. The van der Waals surface area contributed by atoms with E-state index in [2.05, 4.69) is 0 Å². The monoisotopic (exact) mass is 171 g/mol. The number of nitrogens with zero attached hydrogens (tertiary/aromatic N) is 1. The Kier molecular flexibility index (Phi) is 2.83. The molecule has 1 N–H and O–H groups in total. The smallest absolute Gasteiger partial charge is 0.335 e. The molecule has 0 bridgehead atoms. The zero-order valence-corrected chi connectivity index (χ0v) is 7.71. The van der Waals surface area contributed by atoms with Crippen LogP contribution in [0.4, 0.5) is 0 Å². The fourth-order valence-electron chi connectivity index (χ4n) is 0.704. The van der Waals surface area contributed by atoms with Gasteiger partial charge in [-0.05, 0) is 27.7 Å². The summed E-state index contributed by atoms with van der Waals surface area (Å²) in [5, 5.41) is 17.2. The van der Waals surface area contributed by atoms with Crippen molar-refractivity contribution >= 4 is 5.97 Å². The second-order valence-electron chi connectivity index (χ2n) is 3.54. The van der Waals surface area contributed by atoms with Crippen molar-refractivity contribution in [2.45, 2.75) is 38.9 Å². The number of aliphatic carboxylic acids is 1. The first-order chi connectivity index (χ1) is 5.21. The van der Waals surface area contributed by atoms with E-state index in [1.54, 1.807) is 0 Å². The molecule has 0 rings (SSSR count). The highest BCUT2D eigenvalue weighted by atomic mass is 16.5. The van der Waals surface area contributed by atoms with Crippen LogP contribution in [0.3, 0.4) is 0 Å². The molecule has 0 spiro atoms. The molecule has 4 heteroatoms. The molecule has 68 valence electrons. The molecule has 0 fully saturated rings. The van der Waals surface area contributed by atoms with Crippen molar-refractivity contribution in [3.05, 3.63) is 0 Å². The maximum Gasteiger partial charge on any atom is 0.335 e. The van der Waals surface area contributed by atoms with E-state index in [1.807, 2.05) is 6.07 Å². The van der Waals surface area contributed by atoms with Crippen LogP contribution < -0.4 is 0 Å². The first kappa shape index (κ1) is 10.9. The van der Waals surface area contributed by atoms with Gasteiger partial charge in [0.25, 0.3) is 0 Å². The summed E-state index contributed by atoms with van der Waals surface area (Å²) in [7, 11) is 0. The van der Waals surface area contributed by atoms with Gasteiger partial charge in [0.15, 0.2) is 5.60 Å². The summed E-state index contributed by atoms with van der Waals surface area (Å²) < 4.78 is 5.08. The summed E-state index contributed by atoms with van der Waals surface area (Å²) in [6.07, 6.45) is 0. The molecule has 0 atom stereocenters. The first-order valence-electron chi connectivity index (χ1n) is 3.56. The first-order valence-corrected chi connectivity index (χ1v) is 3.56. The lowest BCUT2D eigenvalue weighted by Gasteiger charge is -2.27. The van der Waals surface area contributed by atoms with Gasteiger partial charge in [-0.1, -0.05) is 0 Å². The molecule has 12 heavy (non-hydrogen) atoms. The van der Waals surface area contributed by atoms with Crippen molar-refractivity contribution in [3.63, 3.8) is 0 Å². The minimum atomic E-state index is -1.32. The van der Waals surface area contributed by atoms with Crippen LogP contribution in [0, 0.1) is 11.3 Å². The molecule has 0 aromatic rings. The van der Waals surface area contributed by atoms with E-state index >= 15 is 0 Å². The van der Waals surface area contributed by atoms with E-state index in [4.69, 9.17) is 15.1 Å². The third-order valence-electron chi connectivity index (χ3n) is 1.29. The van der Waals surface area contributed by atoms with Crippen LogP contribution in [0.1, 0.15) is 27.7 Å². The number of rotatable bonds is 3. The number of ether oxygens (including phenoxy) is 1. The van der Waals surface area contributed by atoms with Gasteiger partial charge in [0.05, 0.1) is 6.07 Å². The topological polar surface area (TPSA) is 70.3 Å². The number of carboxylic acids is 1. The maximum absolute atomic E-state index is 10.6. The summed E-state index contributed by atoms with van der Waals surface area (Å²) in [4.78, 5) is 10.6. The zero-order valence-electron chi connectivity index (χ0n) is 7.71. The Hall–Kier alpha value is -1.08. The Morgan fingerprint density at radius 2 is 1.83 bits per heavy atom. The van der Waals surface area contributed by atoms with Gasteiger partial charge in [-0.25, -0.2) is 4.79 Å². The van der Waals surface area contributed by atoms with Gasteiger partial charge in [-0.3, -0.25) is 0 Å². The van der Waals surface area contributed by atoms with Gasteiger partial charge in [0, 0.05) is 0 Å². The summed E-state index contributed by atoms with van der Waals surface area (Å²) in [5.74, 6) is -1.08. The lowest BCUT2D eigenvalue weighted by Crippen LogP contribution is -2.42. The van der Waals surface area contributed by atoms with E-state index in [1.165, 1.54) is 27.7 Å². The number of nitriles is 1. The number of carbonyl (C=O) groups is 1. The van der Waals surface area contributed by atoms with E-state index in [0.29, 0.717) is 0 Å². The van der Waals surface area contributed by atoms with Gasteiger partial charge in [0.2, 0.25) is 0 Å². The normalized spacial score (nSPS) is 12.2. The van der Waals surface area contributed by atoms with Gasteiger partial charge >= 0.3 is 5.97 Å². The van der Waals surface area contributed by atoms with Crippen molar-refractivity contribution in [2.24, 2.45) is 0 Å². The van der Waals surface area contributed by atoms with E-state index in [9.17, 15) is 4.79 Å². The fraction of sp³-hybridized carbons (Fsp3) is 0.750. The van der Waals surface area contributed by atoms with Crippen LogP contribution in [0.25, 0.3) is 0 Å². The Bertz CT molecular complexity index is 225. The molecular weight excluding hydrogens is 158 g/mol. The number of carboxylic acid groups (broad SMARTS) is 1. The Morgan fingerprint density at radius 3 is 2.08 bits per heavy atom. The largest absolute Gasteiger partial charge is 0.479 e. The minimum absolute atomic E-state index is 1.07. The molecule has 0 saturated heterocycles. The highest BCUT2D eigenvalue weighted by Gasteiger charge is 2.35. The molecule has 0 heterocycles. The van der Waals surface area contributed by atoms with Crippen molar-refractivity contribution in [2.75, 3.05) is 0 Å². The highest BCUT2D eigenvalue weighted by molar-refractivity contribution is 5.76. The van der Waals surface area contributed by atoms with Crippen molar-refractivity contribution in [1.29, 1.82) is 5.26 Å². The second kappa shape index (κ2) is 3.11. The minimum Gasteiger partial charge on any atom is -0.479 e. The molecule has 0 aliphatic carbocycles. The lowest BCUT2D eigenvalue weighted by atomic mass is 10.1. The molecule has 0 radical (unpaired) electrons. The van der Waals surface area contributed by atoms with Crippen LogP contribution in [0.2, 0.25) is 0 Å². The van der Waals surface area contributed by atoms with Crippen LogP contribution in [0.5, 0.6) is 0 Å². The molecule has 0 saturated carbocycles. The van der Waals surface area contributed by atoms with Crippen LogP contribution in [0.15, 0.2) is 0 Å². The molecule has 0 aromatic carbocycles. The predicted molar refractivity (Wildman–Crippen MR) is 42.5 cm³/mol. The van der Waals surface area contributed by atoms with Crippen LogP contribution >= 0.6 is 0 Å². The maximum atomic E-state index is 10.6. The van der Waals surface area contributed by atoms with Crippen molar-refractivity contribution in [1.82, 2.24) is 0 Å². The molecule has 0 unspecified atom stereocenters. The van der Waals surface area contributed by atoms with Crippen molar-refractivity contribution in [3.8, 4) is 6.07 Å². The van der Waals surface area contributed by atoms with Gasteiger partial charge in [-0.2, -0.15) is 5.26 Å². The van der Waals surface area contributed by atoms with Gasteiger partial charge in [-0.15, -0.1) is 0 Å². The Labute approximate surface area is 71.8 Å². The third-order valence-corrected chi connectivity index (χ3v) is 1.29. The van der Waals surface area contributed by atoms with E-state index in [0.717, 1.165) is 0 Å². The van der Waals surface area contributed by atoms with Gasteiger partial charge < -0.3 is 9.84 Å². The lowest BCUT2D eigenvalue weighted by molar-refractivity contribution is -0.172. The SMILES string of the molecule is CC(C)(C#N)OC(C)(C)C(=O)O. The highest BCUT2D eigenvalue weighted by Crippen LogP contribution is 2.19. The molecular formula is C8H13NO3. The molecule has 0 aromatic heterocycles. The molecule has 0 aliphatic heterocycles. The van der Waals surface area contributed by atoms with E-state index in [-0.39, 0.29) is 0 Å².